The lowest BCUT2D eigenvalue weighted by atomic mass is 9.92. The minimum Gasteiger partial charge on any atom is -0.474 e. The summed E-state index contributed by atoms with van der Waals surface area (Å²) in [6.07, 6.45) is -2.05. The Labute approximate surface area is 224 Å². The molecule has 38 heavy (non-hydrogen) atoms. The van der Waals surface area contributed by atoms with E-state index in [1.165, 1.54) is 6.07 Å². The minimum absolute atomic E-state index is 0.0484. The fraction of sp³-hybridized carbons (Fsp3) is 0.520. The van der Waals surface area contributed by atoms with E-state index < -0.39 is 22.4 Å². The van der Waals surface area contributed by atoms with Gasteiger partial charge in [0.15, 0.2) is 5.11 Å². The van der Waals surface area contributed by atoms with Crippen molar-refractivity contribution in [3.8, 4) is 5.88 Å². The van der Waals surface area contributed by atoms with Crippen LogP contribution in [-0.4, -0.2) is 64.8 Å². The number of halogens is 3. The Bertz CT molecular complexity index is 1140. The molecule has 2 aromatic rings. The number of benzene rings is 1. The van der Waals surface area contributed by atoms with Crippen molar-refractivity contribution in [3.05, 3.63) is 52.1 Å². The number of nitro groups is 1. The summed E-state index contributed by atoms with van der Waals surface area (Å²) in [5.41, 5.74) is -1.99. The molecule has 0 atom stereocenters. The van der Waals surface area contributed by atoms with Gasteiger partial charge in [0.05, 0.1) is 4.92 Å². The Morgan fingerprint density at radius 2 is 1.87 bits per heavy atom. The normalized spacial score (nSPS) is 20.1. The van der Waals surface area contributed by atoms with Crippen molar-refractivity contribution in [1.29, 1.82) is 0 Å². The standard InChI is InChI=1S/C25H31F3N6O3S/c1-2-29-24(38)33-14-12-32(13-15-33)22-4-3-5-23(31-22)37-19-9-6-17(7-10-19)30-18-8-11-21(34(35)36)20(16-18)25(26,27)28/h3-5,8,11,16-17,19,30H,2,6-7,9-10,12-15H2,1H3,(H,29,38). The summed E-state index contributed by atoms with van der Waals surface area (Å²) < 4.78 is 46.0. The summed E-state index contributed by atoms with van der Waals surface area (Å²) in [5.74, 6) is 1.40. The van der Waals surface area contributed by atoms with Gasteiger partial charge in [-0.25, -0.2) is 0 Å². The number of alkyl halides is 3. The lowest BCUT2D eigenvalue weighted by Gasteiger charge is -2.37. The third kappa shape index (κ3) is 6.94. The van der Waals surface area contributed by atoms with Gasteiger partial charge in [0.25, 0.3) is 5.69 Å². The second-order valence-electron chi connectivity index (χ2n) is 9.37. The summed E-state index contributed by atoms with van der Waals surface area (Å²) in [6, 6.07) is 8.69. The van der Waals surface area contributed by atoms with E-state index in [2.05, 4.69) is 20.4 Å². The largest absolute Gasteiger partial charge is 0.474 e. The molecule has 4 rings (SSSR count). The first-order valence-corrected chi connectivity index (χ1v) is 13.1. The van der Waals surface area contributed by atoms with E-state index in [1.54, 1.807) is 0 Å². The van der Waals surface area contributed by atoms with E-state index >= 15 is 0 Å². The van der Waals surface area contributed by atoms with Crippen molar-refractivity contribution in [2.24, 2.45) is 0 Å². The maximum atomic E-state index is 13.3. The molecule has 13 heteroatoms. The van der Waals surface area contributed by atoms with Crippen LogP contribution in [0.25, 0.3) is 0 Å². The lowest BCUT2D eigenvalue weighted by molar-refractivity contribution is -0.388. The predicted octanol–water partition coefficient (Wildman–Crippen LogP) is 4.83. The van der Waals surface area contributed by atoms with Gasteiger partial charge in [0, 0.05) is 56.6 Å². The topological polar surface area (TPSA) is 95.8 Å². The van der Waals surface area contributed by atoms with E-state index in [1.807, 2.05) is 25.1 Å². The number of hydrogen-bond donors (Lipinski definition) is 2. The molecule has 9 nitrogen and oxygen atoms in total. The number of ether oxygens (including phenoxy) is 1. The molecule has 1 aliphatic carbocycles. The third-order valence-corrected chi connectivity index (χ3v) is 7.16. The molecule has 1 aromatic carbocycles. The zero-order chi connectivity index (χ0) is 27.3. The molecule has 2 N–H and O–H groups in total. The molecule has 206 valence electrons. The van der Waals surface area contributed by atoms with E-state index in [9.17, 15) is 23.3 Å². The highest BCUT2D eigenvalue weighted by Gasteiger charge is 2.38. The van der Waals surface area contributed by atoms with E-state index in [-0.39, 0.29) is 17.8 Å². The van der Waals surface area contributed by atoms with Crippen LogP contribution in [0, 0.1) is 10.1 Å². The minimum atomic E-state index is -4.81. The van der Waals surface area contributed by atoms with Gasteiger partial charge in [-0.2, -0.15) is 18.2 Å². The van der Waals surface area contributed by atoms with Gasteiger partial charge in [-0.3, -0.25) is 10.1 Å². The molecule has 2 fully saturated rings. The van der Waals surface area contributed by atoms with Gasteiger partial charge in [0.2, 0.25) is 5.88 Å². The van der Waals surface area contributed by atoms with Crippen LogP contribution in [0.3, 0.4) is 0 Å². The molecule has 1 saturated carbocycles. The quantitative estimate of drug-likeness (QED) is 0.285. The number of aromatic nitrogens is 1. The number of piperazine rings is 1. The third-order valence-electron chi connectivity index (χ3n) is 6.76. The molecule has 2 heterocycles. The molecule has 0 amide bonds. The molecule has 0 radical (unpaired) electrons. The van der Waals surface area contributed by atoms with Gasteiger partial charge >= 0.3 is 6.18 Å². The van der Waals surface area contributed by atoms with Gasteiger partial charge in [0.1, 0.15) is 17.5 Å². The van der Waals surface area contributed by atoms with Gasteiger partial charge in [-0.05, 0) is 63.0 Å². The molecule has 0 spiro atoms. The number of anilines is 2. The monoisotopic (exact) mass is 552 g/mol. The smallest absolute Gasteiger partial charge is 0.423 e. The summed E-state index contributed by atoms with van der Waals surface area (Å²) in [6.45, 7) is 6.06. The van der Waals surface area contributed by atoms with Gasteiger partial charge in [-0.15, -0.1) is 0 Å². The number of rotatable bonds is 7. The zero-order valence-corrected chi connectivity index (χ0v) is 21.9. The van der Waals surface area contributed by atoms with E-state index in [0.29, 0.717) is 31.6 Å². The first kappa shape index (κ1) is 27.7. The first-order chi connectivity index (χ1) is 18.1. The predicted molar refractivity (Wildman–Crippen MR) is 143 cm³/mol. The van der Waals surface area contributed by atoms with Crippen LogP contribution < -0.4 is 20.3 Å². The van der Waals surface area contributed by atoms with Crippen molar-refractivity contribution < 1.29 is 22.8 Å². The Hall–Kier alpha value is -3.35. The zero-order valence-electron chi connectivity index (χ0n) is 21.0. The van der Waals surface area contributed by atoms with Crippen LogP contribution in [0.1, 0.15) is 38.2 Å². The summed E-state index contributed by atoms with van der Waals surface area (Å²) in [5, 5.41) is 18.0. The second kappa shape index (κ2) is 12.0. The Morgan fingerprint density at radius 1 is 1.16 bits per heavy atom. The molecule has 2 aliphatic rings. The number of hydrogen-bond acceptors (Lipinski definition) is 7. The highest BCUT2D eigenvalue weighted by molar-refractivity contribution is 7.80. The Kier molecular flexibility index (Phi) is 8.75. The van der Waals surface area contributed by atoms with E-state index in [4.69, 9.17) is 21.9 Å². The molecular formula is C25H31F3N6O3S. The van der Waals surface area contributed by atoms with Gasteiger partial charge in [-0.1, -0.05) is 6.07 Å². The van der Waals surface area contributed by atoms with E-state index in [0.717, 1.165) is 55.8 Å². The first-order valence-electron chi connectivity index (χ1n) is 12.7. The van der Waals surface area contributed by atoms with Crippen LogP contribution in [0.4, 0.5) is 30.4 Å². The van der Waals surface area contributed by atoms with Crippen molar-refractivity contribution >= 4 is 34.5 Å². The summed E-state index contributed by atoms with van der Waals surface area (Å²) in [7, 11) is 0. The number of nitrogens with zero attached hydrogens (tertiary/aromatic N) is 4. The molecule has 0 bridgehead atoms. The van der Waals surface area contributed by atoms with Crippen LogP contribution in [0.2, 0.25) is 0 Å². The maximum Gasteiger partial charge on any atom is 0.423 e. The summed E-state index contributed by atoms with van der Waals surface area (Å²) in [4.78, 5) is 19.0. The van der Waals surface area contributed by atoms with Crippen molar-refractivity contribution in [1.82, 2.24) is 15.2 Å². The van der Waals surface area contributed by atoms with Gasteiger partial charge < -0.3 is 25.2 Å². The summed E-state index contributed by atoms with van der Waals surface area (Å²) >= 11 is 5.41. The lowest BCUT2D eigenvalue weighted by Crippen LogP contribution is -2.51. The van der Waals surface area contributed by atoms with Crippen LogP contribution in [0.5, 0.6) is 5.88 Å². The molecule has 1 saturated heterocycles. The van der Waals surface area contributed by atoms with Crippen molar-refractivity contribution in [2.45, 2.75) is 50.9 Å². The number of pyridine rings is 1. The molecule has 0 unspecified atom stereocenters. The average molecular weight is 553 g/mol. The van der Waals surface area contributed by atoms with Crippen molar-refractivity contribution in [2.75, 3.05) is 42.9 Å². The fourth-order valence-electron chi connectivity index (χ4n) is 4.79. The average Bonchev–Trinajstić information content (AvgIpc) is 2.89. The highest BCUT2D eigenvalue weighted by atomic mass is 32.1. The Balaban J connectivity index is 1.29. The fourth-order valence-corrected chi connectivity index (χ4v) is 5.12. The second-order valence-corrected chi connectivity index (χ2v) is 9.75. The molecule has 1 aromatic heterocycles. The number of thiocarbonyl (C=S) groups is 1. The maximum absolute atomic E-state index is 13.3. The van der Waals surface area contributed by atoms with Crippen LogP contribution in [-0.2, 0) is 6.18 Å². The Morgan fingerprint density at radius 3 is 2.50 bits per heavy atom. The highest BCUT2D eigenvalue weighted by Crippen LogP contribution is 2.38. The van der Waals surface area contributed by atoms with Crippen LogP contribution >= 0.6 is 12.2 Å². The number of nitrogens with one attached hydrogen (secondary N) is 2. The van der Waals surface area contributed by atoms with Crippen LogP contribution in [0.15, 0.2) is 36.4 Å². The number of nitro benzene ring substituents is 1. The molecule has 1 aliphatic heterocycles. The SMILES string of the molecule is CCNC(=S)N1CCN(c2cccc(OC3CCC(Nc4ccc([N+](=O)[O-])c(C(F)(F)F)c4)CC3)n2)CC1. The van der Waals surface area contributed by atoms with Crippen molar-refractivity contribution in [3.63, 3.8) is 0 Å². The molecular weight excluding hydrogens is 521 g/mol.